The van der Waals surface area contributed by atoms with Crippen LogP contribution in [0, 0.1) is 0 Å². The molecule has 7 nitrogen and oxygen atoms in total. The van der Waals surface area contributed by atoms with Crippen molar-refractivity contribution >= 4 is 7.88 Å². The van der Waals surface area contributed by atoms with Gasteiger partial charge >= 0.3 is 117 Å². The van der Waals surface area contributed by atoms with E-state index >= 15 is 0 Å². The second-order valence-electron chi connectivity index (χ2n) is 6.20. The normalized spacial score (nSPS) is 48.2. The molecule has 3 saturated heterocycles. The number of ether oxygens (including phenoxy) is 4. The molecule has 8 heteroatoms. The minimum atomic E-state index is -2.25. The zero-order chi connectivity index (χ0) is 14.7. The predicted molar refractivity (Wildman–Crippen MR) is 67.2 cm³/mol. The van der Waals surface area contributed by atoms with E-state index < -0.39 is 49.7 Å². The average molecular weight is 307 g/mol. The van der Waals surface area contributed by atoms with E-state index in [2.05, 4.69) is 0 Å². The summed E-state index contributed by atoms with van der Waals surface area (Å²) >= 11 is 0. The molecule has 3 fully saturated rings. The number of rotatable bonds is 1. The summed E-state index contributed by atoms with van der Waals surface area (Å²) in [5, 5.41) is 9.96. The van der Waals surface area contributed by atoms with Crippen LogP contribution in [0.15, 0.2) is 0 Å². The first-order valence-corrected chi connectivity index (χ1v) is 7.92. The van der Waals surface area contributed by atoms with Crippen molar-refractivity contribution < 1.29 is 33.0 Å². The average Bonchev–Trinajstić information content (AvgIpc) is 2.83. The molecule has 0 bridgehead atoms. The minimum absolute atomic E-state index is 0.323. The van der Waals surface area contributed by atoms with Crippen molar-refractivity contribution in [2.24, 2.45) is 0 Å². The Hall–Kier alpha value is 0.0200. The van der Waals surface area contributed by atoms with Gasteiger partial charge in [-0.2, -0.15) is 0 Å². The van der Waals surface area contributed by atoms with Crippen molar-refractivity contribution in [3.63, 3.8) is 0 Å². The fourth-order valence-corrected chi connectivity index (χ4v) is 3.91. The first kappa shape index (κ1) is 14.9. The first-order valence-electron chi connectivity index (χ1n) is 6.67. The molecule has 3 aliphatic heterocycles. The maximum atomic E-state index is 11.9. The van der Waals surface area contributed by atoms with Gasteiger partial charge in [-0.05, 0) is 0 Å². The molecule has 0 radical (unpaired) electrons. The fraction of sp³-hybridized carbons (Fsp3) is 1.00. The Kier molecular flexibility index (Phi) is 3.56. The number of aliphatic hydroxyl groups excluding tert-OH is 1. The van der Waals surface area contributed by atoms with Crippen LogP contribution in [0.25, 0.3) is 0 Å². The molecule has 0 aliphatic carbocycles. The molecule has 6 unspecified atom stereocenters. The molecule has 0 amide bonds. The molecule has 6 atom stereocenters. The van der Waals surface area contributed by atoms with E-state index in [1.807, 2.05) is 0 Å². The summed E-state index contributed by atoms with van der Waals surface area (Å²) in [4.78, 5) is 0. The molecule has 0 saturated carbocycles. The number of fused-ring (bicyclic) bond motifs is 1. The van der Waals surface area contributed by atoms with Crippen molar-refractivity contribution in [1.29, 1.82) is 0 Å². The van der Waals surface area contributed by atoms with Crippen LogP contribution in [-0.2, 0) is 27.9 Å². The summed E-state index contributed by atoms with van der Waals surface area (Å²) in [7, 11) is -2.25. The first-order chi connectivity index (χ1) is 9.19. The van der Waals surface area contributed by atoms with Crippen molar-refractivity contribution in [1.82, 2.24) is 0 Å². The van der Waals surface area contributed by atoms with Gasteiger partial charge in [0.15, 0.2) is 0 Å². The number of hydrogen-bond acceptors (Lipinski definition) is 6. The summed E-state index contributed by atoms with van der Waals surface area (Å²) < 4.78 is 40.1. The van der Waals surface area contributed by atoms with Crippen LogP contribution in [0.5, 0.6) is 0 Å². The van der Waals surface area contributed by atoms with Crippen LogP contribution < -0.4 is 0 Å². The molecule has 3 aliphatic rings. The van der Waals surface area contributed by atoms with Gasteiger partial charge in [-0.15, -0.1) is 0 Å². The molecule has 0 aromatic heterocycles. The zero-order valence-corrected chi connectivity index (χ0v) is 12.8. The van der Waals surface area contributed by atoms with E-state index in [9.17, 15) is 9.52 Å². The molecule has 3 rings (SSSR count). The van der Waals surface area contributed by atoms with Gasteiger partial charge in [0.2, 0.25) is 0 Å². The number of hydrogen-bond donors (Lipinski definition) is 1. The second kappa shape index (κ2) is 4.76. The van der Waals surface area contributed by atoms with Crippen LogP contribution in [0.2, 0.25) is 0 Å². The van der Waals surface area contributed by atoms with Gasteiger partial charge in [0, 0.05) is 0 Å². The molecule has 0 spiro atoms. The zero-order valence-electron chi connectivity index (χ0n) is 11.9. The third kappa shape index (κ3) is 2.58. The SMILES string of the molecule is CC1(C)OCC(C2OP(#[O+])C(O)C3OC(C)(C)OC23)O1. The molecule has 20 heavy (non-hydrogen) atoms. The molecular formula is C12H20O7P+. The summed E-state index contributed by atoms with van der Waals surface area (Å²) in [5.74, 6) is -2.75. The Morgan fingerprint density at radius 2 is 1.65 bits per heavy atom. The van der Waals surface area contributed by atoms with Gasteiger partial charge < -0.3 is 0 Å². The molecule has 3 heterocycles. The predicted octanol–water partition coefficient (Wildman–Crippen LogP) is 1.12. The van der Waals surface area contributed by atoms with Crippen molar-refractivity contribution in [3.05, 3.63) is 0 Å². The third-order valence-electron chi connectivity index (χ3n) is 3.62. The fourth-order valence-electron chi connectivity index (χ4n) is 2.82. The second-order valence-corrected chi connectivity index (χ2v) is 7.51. The van der Waals surface area contributed by atoms with Gasteiger partial charge in [-0.25, -0.2) is 0 Å². The Balaban J connectivity index is 1.83. The van der Waals surface area contributed by atoms with Crippen LogP contribution in [0.4, 0.5) is 0 Å². The summed E-state index contributed by atoms with van der Waals surface area (Å²) in [6.07, 6.45) is -2.20. The summed E-state index contributed by atoms with van der Waals surface area (Å²) in [6.45, 7) is 7.43. The Bertz CT molecular complexity index is 468. The standard InChI is InChI=1S/C12H20O7P/c1-11(2)15-5-6(16-11)7-8-9(10(13)20(14)19-7)18-12(3,4)17-8/h6-10,13H,5H2,1-4H3/q+1. The molecule has 1 N–H and O–H groups in total. The van der Waals surface area contributed by atoms with Crippen LogP contribution in [0.3, 0.4) is 0 Å². The van der Waals surface area contributed by atoms with E-state index in [0.717, 1.165) is 0 Å². The molecular weight excluding hydrogens is 287 g/mol. The van der Waals surface area contributed by atoms with Gasteiger partial charge in [0.25, 0.3) is 0 Å². The Labute approximate surface area is 118 Å². The van der Waals surface area contributed by atoms with Gasteiger partial charge in [-0.3, -0.25) is 0 Å². The van der Waals surface area contributed by atoms with Crippen LogP contribution in [-0.4, -0.2) is 53.5 Å². The maximum absolute atomic E-state index is 11.9. The van der Waals surface area contributed by atoms with Crippen LogP contribution in [0.1, 0.15) is 27.7 Å². The Morgan fingerprint density at radius 3 is 2.25 bits per heavy atom. The van der Waals surface area contributed by atoms with E-state index in [1.54, 1.807) is 27.7 Å². The van der Waals surface area contributed by atoms with Crippen molar-refractivity contribution in [3.8, 4) is 0 Å². The van der Waals surface area contributed by atoms with E-state index in [0.29, 0.717) is 6.61 Å². The Morgan fingerprint density at radius 1 is 1.00 bits per heavy atom. The van der Waals surface area contributed by atoms with Gasteiger partial charge in [0.05, 0.1) is 0 Å². The summed E-state index contributed by atoms with van der Waals surface area (Å²) in [6, 6.07) is 0. The van der Waals surface area contributed by atoms with E-state index in [-0.39, 0.29) is 0 Å². The number of aliphatic hydroxyl groups is 1. The molecule has 114 valence electrons. The van der Waals surface area contributed by atoms with Gasteiger partial charge in [0.1, 0.15) is 0 Å². The molecule has 0 aromatic carbocycles. The quantitative estimate of drug-likeness (QED) is 0.577. The monoisotopic (exact) mass is 307 g/mol. The van der Waals surface area contributed by atoms with E-state index in [4.69, 9.17) is 23.5 Å². The topological polar surface area (TPSA) is 86.3 Å². The van der Waals surface area contributed by atoms with E-state index in [1.165, 1.54) is 0 Å². The van der Waals surface area contributed by atoms with Gasteiger partial charge in [-0.1, -0.05) is 0 Å². The third-order valence-corrected chi connectivity index (χ3v) is 4.80. The van der Waals surface area contributed by atoms with Crippen molar-refractivity contribution in [2.75, 3.05) is 6.61 Å². The van der Waals surface area contributed by atoms with Crippen LogP contribution >= 0.6 is 7.88 Å². The summed E-state index contributed by atoms with van der Waals surface area (Å²) in [5.41, 5.74) is 0. The molecule has 0 aromatic rings. The van der Waals surface area contributed by atoms with Crippen molar-refractivity contribution in [2.45, 2.75) is 69.5 Å².